The molecule has 0 spiro atoms. The number of aromatic nitrogens is 2. The molecular formula is C12H14N2O2S. The van der Waals surface area contributed by atoms with Gasteiger partial charge in [-0.25, -0.2) is 4.79 Å². The third-order valence-corrected chi connectivity index (χ3v) is 4.45. The fraction of sp³-hybridized carbons (Fsp3) is 0.417. The van der Waals surface area contributed by atoms with Gasteiger partial charge in [0.25, 0.3) is 0 Å². The molecule has 1 unspecified atom stereocenters. The smallest absolute Gasteiger partial charge is 0.326 e. The van der Waals surface area contributed by atoms with Crippen molar-refractivity contribution in [1.29, 1.82) is 0 Å². The van der Waals surface area contributed by atoms with Gasteiger partial charge in [-0.05, 0) is 36.0 Å². The van der Waals surface area contributed by atoms with Crippen molar-refractivity contribution in [1.82, 2.24) is 9.55 Å². The zero-order valence-corrected chi connectivity index (χ0v) is 10.2. The van der Waals surface area contributed by atoms with Crippen LogP contribution in [0.4, 0.5) is 0 Å². The molecule has 90 valence electrons. The van der Waals surface area contributed by atoms with Gasteiger partial charge < -0.3 is 10.1 Å². The molecule has 4 nitrogen and oxygen atoms in total. The Morgan fingerprint density at radius 3 is 3.18 bits per heavy atom. The van der Waals surface area contributed by atoms with Gasteiger partial charge in [0.15, 0.2) is 0 Å². The van der Waals surface area contributed by atoms with Crippen LogP contribution in [0.5, 0.6) is 5.75 Å². The van der Waals surface area contributed by atoms with Crippen LogP contribution in [-0.4, -0.2) is 26.2 Å². The van der Waals surface area contributed by atoms with E-state index in [2.05, 4.69) is 4.98 Å². The minimum absolute atomic E-state index is 0.0810. The predicted octanol–water partition coefficient (Wildman–Crippen LogP) is 1.79. The van der Waals surface area contributed by atoms with Gasteiger partial charge >= 0.3 is 5.69 Å². The molecule has 5 heteroatoms. The molecule has 0 aliphatic carbocycles. The van der Waals surface area contributed by atoms with Crippen molar-refractivity contribution in [2.75, 3.05) is 11.5 Å². The molecule has 0 bridgehead atoms. The van der Waals surface area contributed by atoms with E-state index >= 15 is 0 Å². The molecule has 2 aromatic rings. The molecule has 1 saturated heterocycles. The van der Waals surface area contributed by atoms with Crippen molar-refractivity contribution in [2.24, 2.45) is 5.92 Å². The predicted molar refractivity (Wildman–Crippen MR) is 69.7 cm³/mol. The number of phenols is 1. The largest absolute Gasteiger partial charge is 0.508 e. The molecule has 1 aromatic heterocycles. The van der Waals surface area contributed by atoms with E-state index in [4.69, 9.17) is 0 Å². The molecule has 0 radical (unpaired) electrons. The minimum atomic E-state index is -0.0810. The summed E-state index contributed by atoms with van der Waals surface area (Å²) in [5.74, 6) is 3.10. The first-order valence-corrected chi connectivity index (χ1v) is 6.89. The molecule has 2 heterocycles. The molecule has 1 aromatic carbocycles. The van der Waals surface area contributed by atoms with Gasteiger partial charge in [0.2, 0.25) is 0 Å². The van der Waals surface area contributed by atoms with Crippen LogP contribution < -0.4 is 5.69 Å². The van der Waals surface area contributed by atoms with Gasteiger partial charge in [0.05, 0.1) is 11.0 Å². The number of imidazole rings is 1. The lowest BCUT2D eigenvalue weighted by atomic mass is 10.1. The van der Waals surface area contributed by atoms with E-state index < -0.39 is 0 Å². The van der Waals surface area contributed by atoms with Gasteiger partial charge in [-0.3, -0.25) is 4.57 Å². The SMILES string of the molecule is O=c1[nH]c2cc(O)ccc2n1CC1CCSC1. The Bertz CT molecular complexity index is 596. The van der Waals surface area contributed by atoms with Crippen molar-refractivity contribution in [3.63, 3.8) is 0 Å². The molecule has 1 aliphatic rings. The number of phenolic OH excluding ortho intramolecular Hbond substituents is 1. The first-order chi connectivity index (χ1) is 8.24. The third kappa shape index (κ3) is 1.95. The van der Waals surface area contributed by atoms with Crippen LogP contribution in [-0.2, 0) is 6.54 Å². The number of rotatable bonds is 2. The van der Waals surface area contributed by atoms with Crippen molar-refractivity contribution < 1.29 is 5.11 Å². The number of hydrogen-bond donors (Lipinski definition) is 2. The number of hydrogen-bond acceptors (Lipinski definition) is 3. The Morgan fingerprint density at radius 2 is 2.41 bits per heavy atom. The van der Waals surface area contributed by atoms with Crippen molar-refractivity contribution >= 4 is 22.8 Å². The average molecular weight is 250 g/mol. The summed E-state index contributed by atoms with van der Waals surface area (Å²) in [6.45, 7) is 0.774. The highest BCUT2D eigenvalue weighted by molar-refractivity contribution is 7.99. The topological polar surface area (TPSA) is 58.0 Å². The number of benzene rings is 1. The normalized spacial score (nSPS) is 20.1. The van der Waals surface area contributed by atoms with E-state index in [9.17, 15) is 9.90 Å². The van der Waals surface area contributed by atoms with E-state index in [1.807, 2.05) is 11.8 Å². The summed E-state index contributed by atoms with van der Waals surface area (Å²) in [5, 5.41) is 9.38. The van der Waals surface area contributed by atoms with Gasteiger partial charge in [-0.15, -0.1) is 0 Å². The minimum Gasteiger partial charge on any atom is -0.508 e. The second kappa shape index (κ2) is 4.14. The maximum absolute atomic E-state index is 11.9. The van der Waals surface area contributed by atoms with E-state index in [-0.39, 0.29) is 11.4 Å². The second-order valence-electron chi connectivity index (χ2n) is 4.47. The Balaban J connectivity index is 2.02. The number of thioether (sulfide) groups is 1. The Hall–Kier alpha value is -1.36. The maximum Gasteiger partial charge on any atom is 0.326 e. The highest BCUT2D eigenvalue weighted by Crippen LogP contribution is 2.26. The Kier molecular flexibility index (Phi) is 2.63. The fourth-order valence-corrected chi connectivity index (χ4v) is 3.59. The summed E-state index contributed by atoms with van der Waals surface area (Å²) < 4.78 is 1.78. The average Bonchev–Trinajstić information content (AvgIpc) is 2.88. The maximum atomic E-state index is 11.9. The first-order valence-electron chi connectivity index (χ1n) is 5.73. The molecule has 1 fully saturated rings. The number of aromatic amines is 1. The highest BCUT2D eigenvalue weighted by atomic mass is 32.2. The number of H-pyrrole nitrogens is 1. The zero-order chi connectivity index (χ0) is 11.8. The van der Waals surface area contributed by atoms with Crippen LogP contribution in [0.25, 0.3) is 11.0 Å². The summed E-state index contributed by atoms with van der Waals surface area (Å²) >= 11 is 1.95. The van der Waals surface area contributed by atoms with E-state index in [0.29, 0.717) is 11.4 Å². The van der Waals surface area contributed by atoms with Crippen molar-refractivity contribution in [2.45, 2.75) is 13.0 Å². The number of nitrogens with zero attached hydrogens (tertiary/aromatic N) is 1. The second-order valence-corrected chi connectivity index (χ2v) is 5.62. The van der Waals surface area contributed by atoms with Crippen LogP contribution in [0, 0.1) is 5.92 Å². The molecule has 17 heavy (non-hydrogen) atoms. The summed E-state index contributed by atoms with van der Waals surface area (Å²) in [5.41, 5.74) is 1.51. The van der Waals surface area contributed by atoms with Crippen LogP contribution in [0.2, 0.25) is 0 Å². The van der Waals surface area contributed by atoms with E-state index in [1.165, 1.54) is 12.2 Å². The monoisotopic (exact) mass is 250 g/mol. The summed E-state index contributed by atoms with van der Waals surface area (Å²) in [6.07, 6.45) is 1.18. The van der Waals surface area contributed by atoms with Gasteiger partial charge in [-0.1, -0.05) is 0 Å². The van der Waals surface area contributed by atoms with Crippen LogP contribution in [0.15, 0.2) is 23.0 Å². The van der Waals surface area contributed by atoms with Gasteiger partial charge in [-0.2, -0.15) is 11.8 Å². The van der Waals surface area contributed by atoms with Gasteiger partial charge in [0.1, 0.15) is 5.75 Å². The summed E-state index contributed by atoms with van der Waals surface area (Å²) in [7, 11) is 0. The first kappa shape index (κ1) is 10.8. The molecule has 1 aliphatic heterocycles. The Labute approximate surface area is 103 Å². The van der Waals surface area contributed by atoms with Gasteiger partial charge in [0, 0.05) is 12.6 Å². The lowest BCUT2D eigenvalue weighted by Crippen LogP contribution is -2.21. The molecule has 3 rings (SSSR count). The molecule has 2 N–H and O–H groups in total. The van der Waals surface area contributed by atoms with Crippen LogP contribution in [0.3, 0.4) is 0 Å². The van der Waals surface area contributed by atoms with Crippen molar-refractivity contribution in [3.05, 3.63) is 28.7 Å². The number of nitrogens with one attached hydrogen (secondary N) is 1. The number of aromatic hydroxyl groups is 1. The van der Waals surface area contributed by atoms with Crippen molar-refractivity contribution in [3.8, 4) is 5.75 Å². The number of fused-ring (bicyclic) bond motifs is 1. The molecular weight excluding hydrogens is 236 g/mol. The standard InChI is InChI=1S/C12H14N2O2S/c15-9-1-2-11-10(5-9)13-12(16)14(11)6-8-3-4-17-7-8/h1-2,5,8,15H,3-4,6-7H2,(H,13,16). The lowest BCUT2D eigenvalue weighted by Gasteiger charge is -2.09. The molecule has 1 atom stereocenters. The van der Waals surface area contributed by atoms with Crippen LogP contribution in [0.1, 0.15) is 6.42 Å². The molecule has 0 amide bonds. The van der Waals surface area contributed by atoms with Crippen LogP contribution >= 0.6 is 11.8 Å². The lowest BCUT2D eigenvalue weighted by molar-refractivity contribution is 0.475. The quantitative estimate of drug-likeness (QED) is 0.854. The highest BCUT2D eigenvalue weighted by Gasteiger charge is 2.18. The van der Waals surface area contributed by atoms with E-state index in [1.54, 1.807) is 22.8 Å². The molecule has 0 saturated carbocycles. The summed E-state index contributed by atoms with van der Waals surface area (Å²) in [6, 6.07) is 5.01. The fourth-order valence-electron chi connectivity index (χ4n) is 2.32. The third-order valence-electron chi connectivity index (χ3n) is 3.22. The van der Waals surface area contributed by atoms with E-state index in [0.717, 1.165) is 17.8 Å². The zero-order valence-electron chi connectivity index (χ0n) is 9.35. The summed E-state index contributed by atoms with van der Waals surface area (Å²) in [4.78, 5) is 14.6. The Morgan fingerprint density at radius 1 is 1.53 bits per heavy atom.